The van der Waals surface area contributed by atoms with Crippen molar-refractivity contribution in [2.45, 2.75) is 51.5 Å². The molecule has 0 spiro atoms. The van der Waals surface area contributed by atoms with Crippen LogP contribution in [0.15, 0.2) is 42.5 Å². The molecule has 0 radical (unpaired) electrons. The standard InChI is InChI=1S/C23H28Cl2FN/c24-22-11-8-18(15-23(22)25)14-20(19-4-2-1-3-5-19)12-13-27-16-17-6-9-21(26)10-7-17/h6-11,15,19-20,27H,1-5,12-14,16H2. The first kappa shape index (κ1) is 20.6. The van der Waals surface area contributed by atoms with E-state index >= 15 is 0 Å². The fourth-order valence-electron chi connectivity index (χ4n) is 4.20. The minimum atomic E-state index is -0.183. The van der Waals surface area contributed by atoms with Crippen LogP contribution < -0.4 is 5.32 Å². The zero-order valence-electron chi connectivity index (χ0n) is 15.7. The molecular formula is C23H28Cl2FN. The van der Waals surface area contributed by atoms with Crippen molar-refractivity contribution in [1.82, 2.24) is 5.32 Å². The Labute approximate surface area is 172 Å². The number of nitrogens with one attached hydrogen (secondary N) is 1. The van der Waals surface area contributed by atoms with Crippen molar-refractivity contribution in [2.24, 2.45) is 11.8 Å². The van der Waals surface area contributed by atoms with Crippen molar-refractivity contribution in [3.63, 3.8) is 0 Å². The van der Waals surface area contributed by atoms with Crippen LogP contribution in [-0.2, 0) is 13.0 Å². The van der Waals surface area contributed by atoms with E-state index in [1.807, 2.05) is 24.3 Å². The number of rotatable bonds is 8. The lowest BCUT2D eigenvalue weighted by molar-refractivity contribution is 0.233. The van der Waals surface area contributed by atoms with Crippen LogP contribution in [0.25, 0.3) is 0 Å². The average molecular weight is 408 g/mol. The SMILES string of the molecule is Fc1ccc(CNCCC(Cc2ccc(Cl)c(Cl)c2)C2CCCCC2)cc1. The van der Waals surface area contributed by atoms with Gasteiger partial charge in [-0.2, -0.15) is 0 Å². The Morgan fingerprint density at radius 1 is 0.926 bits per heavy atom. The molecule has 1 unspecified atom stereocenters. The summed E-state index contributed by atoms with van der Waals surface area (Å²) in [6.07, 6.45) is 8.95. The molecule has 0 saturated heterocycles. The first-order valence-electron chi connectivity index (χ1n) is 10.0. The Balaban J connectivity index is 1.55. The van der Waals surface area contributed by atoms with Crippen LogP contribution in [0.4, 0.5) is 4.39 Å². The van der Waals surface area contributed by atoms with E-state index in [4.69, 9.17) is 23.2 Å². The van der Waals surface area contributed by atoms with Gasteiger partial charge in [0.15, 0.2) is 0 Å². The number of benzene rings is 2. The maximum Gasteiger partial charge on any atom is 0.123 e. The molecule has 146 valence electrons. The van der Waals surface area contributed by atoms with Crippen molar-refractivity contribution in [1.29, 1.82) is 0 Å². The summed E-state index contributed by atoms with van der Waals surface area (Å²) in [5, 5.41) is 4.79. The summed E-state index contributed by atoms with van der Waals surface area (Å²) in [4.78, 5) is 0. The maximum atomic E-state index is 13.0. The lowest BCUT2D eigenvalue weighted by Crippen LogP contribution is -2.25. The molecule has 1 N–H and O–H groups in total. The quantitative estimate of drug-likeness (QED) is 0.462. The zero-order chi connectivity index (χ0) is 19.1. The van der Waals surface area contributed by atoms with Crippen LogP contribution in [0, 0.1) is 17.7 Å². The molecule has 0 aliphatic heterocycles. The number of hydrogen-bond donors (Lipinski definition) is 1. The molecule has 1 aliphatic carbocycles. The third-order valence-electron chi connectivity index (χ3n) is 5.73. The number of halogens is 3. The van der Waals surface area contributed by atoms with Crippen LogP contribution in [0.2, 0.25) is 10.0 Å². The van der Waals surface area contributed by atoms with E-state index in [-0.39, 0.29) is 5.82 Å². The summed E-state index contributed by atoms with van der Waals surface area (Å²) in [5.74, 6) is 1.27. The fourth-order valence-corrected chi connectivity index (χ4v) is 4.52. The first-order chi connectivity index (χ1) is 13.1. The summed E-state index contributed by atoms with van der Waals surface area (Å²) >= 11 is 12.3. The van der Waals surface area contributed by atoms with Gasteiger partial charge in [-0.05, 0) is 66.6 Å². The summed E-state index contributed by atoms with van der Waals surface area (Å²) in [5.41, 5.74) is 2.40. The highest BCUT2D eigenvalue weighted by Gasteiger charge is 2.23. The van der Waals surface area contributed by atoms with E-state index < -0.39 is 0 Å². The van der Waals surface area contributed by atoms with Gasteiger partial charge in [-0.3, -0.25) is 0 Å². The Hall–Kier alpha value is -1.09. The Morgan fingerprint density at radius 2 is 1.63 bits per heavy atom. The second kappa shape index (κ2) is 10.5. The Bertz CT molecular complexity index is 711. The van der Waals surface area contributed by atoms with Gasteiger partial charge in [0.2, 0.25) is 0 Å². The first-order valence-corrected chi connectivity index (χ1v) is 10.8. The molecule has 0 bridgehead atoms. The summed E-state index contributed by atoms with van der Waals surface area (Å²) < 4.78 is 13.0. The van der Waals surface area contributed by atoms with E-state index in [2.05, 4.69) is 11.4 Å². The molecule has 1 aliphatic rings. The van der Waals surface area contributed by atoms with Crippen molar-refractivity contribution in [2.75, 3.05) is 6.54 Å². The monoisotopic (exact) mass is 407 g/mol. The van der Waals surface area contributed by atoms with Gasteiger partial charge in [0, 0.05) is 6.54 Å². The molecule has 4 heteroatoms. The molecule has 0 amide bonds. The maximum absolute atomic E-state index is 13.0. The van der Waals surface area contributed by atoms with Gasteiger partial charge in [0.1, 0.15) is 5.82 Å². The molecule has 0 aromatic heterocycles. The van der Waals surface area contributed by atoms with Crippen molar-refractivity contribution < 1.29 is 4.39 Å². The highest BCUT2D eigenvalue weighted by Crippen LogP contribution is 2.34. The fraction of sp³-hybridized carbons (Fsp3) is 0.478. The molecule has 0 heterocycles. The normalized spacial score (nSPS) is 16.4. The van der Waals surface area contributed by atoms with E-state index in [0.717, 1.165) is 37.4 Å². The molecule has 1 fully saturated rings. The highest BCUT2D eigenvalue weighted by molar-refractivity contribution is 6.42. The third kappa shape index (κ3) is 6.48. The van der Waals surface area contributed by atoms with Gasteiger partial charge < -0.3 is 5.32 Å². The Kier molecular flexibility index (Phi) is 7.99. The van der Waals surface area contributed by atoms with Gasteiger partial charge in [-0.1, -0.05) is 73.5 Å². The van der Waals surface area contributed by atoms with Crippen LogP contribution in [0.1, 0.15) is 49.7 Å². The zero-order valence-corrected chi connectivity index (χ0v) is 17.2. The lowest BCUT2D eigenvalue weighted by atomic mass is 9.76. The van der Waals surface area contributed by atoms with E-state index in [9.17, 15) is 4.39 Å². The highest BCUT2D eigenvalue weighted by atomic mass is 35.5. The second-order valence-corrected chi connectivity index (χ2v) is 8.52. The second-order valence-electron chi connectivity index (χ2n) is 7.70. The van der Waals surface area contributed by atoms with Crippen molar-refractivity contribution in [3.05, 3.63) is 69.5 Å². The predicted molar refractivity (Wildman–Crippen MR) is 113 cm³/mol. The van der Waals surface area contributed by atoms with Crippen molar-refractivity contribution in [3.8, 4) is 0 Å². The smallest absolute Gasteiger partial charge is 0.123 e. The van der Waals surface area contributed by atoms with Gasteiger partial charge in [-0.15, -0.1) is 0 Å². The molecule has 2 aromatic rings. The minimum Gasteiger partial charge on any atom is -0.313 e. The largest absolute Gasteiger partial charge is 0.313 e. The molecule has 27 heavy (non-hydrogen) atoms. The molecule has 2 aromatic carbocycles. The van der Waals surface area contributed by atoms with E-state index in [0.29, 0.717) is 16.0 Å². The van der Waals surface area contributed by atoms with Crippen LogP contribution in [-0.4, -0.2) is 6.54 Å². The van der Waals surface area contributed by atoms with Gasteiger partial charge >= 0.3 is 0 Å². The summed E-state index contributed by atoms with van der Waals surface area (Å²) in [6.45, 7) is 1.75. The topological polar surface area (TPSA) is 12.0 Å². The summed E-state index contributed by atoms with van der Waals surface area (Å²) in [7, 11) is 0. The molecule has 1 atom stereocenters. The van der Waals surface area contributed by atoms with Gasteiger partial charge in [0.25, 0.3) is 0 Å². The van der Waals surface area contributed by atoms with Crippen LogP contribution >= 0.6 is 23.2 Å². The van der Waals surface area contributed by atoms with Crippen LogP contribution in [0.5, 0.6) is 0 Å². The Morgan fingerprint density at radius 3 is 2.33 bits per heavy atom. The third-order valence-corrected chi connectivity index (χ3v) is 6.47. The molecule has 1 nitrogen and oxygen atoms in total. The van der Waals surface area contributed by atoms with Crippen LogP contribution in [0.3, 0.4) is 0 Å². The van der Waals surface area contributed by atoms with Gasteiger partial charge in [0.05, 0.1) is 10.0 Å². The molecule has 3 rings (SSSR count). The summed E-state index contributed by atoms with van der Waals surface area (Å²) in [6, 6.07) is 12.8. The minimum absolute atomic E-state index is 0.183. The lowest BCUT2D eigenvalue weighted by Gasteiger charge is -2.31. The van der Waals surface area contributed by atoms with Gasteiger partial charge in [-0.25, -0.2) is 4.39 Å². The average Bonchev–Trinajstić information content (AvgIpc) is 2.69. The van der Waals surface area contributed by atoms with E-state index in [1.165, 1.54) is 49.8 Å². The predicted octanol–water partition coefficient (Wildman–Crippen LogP) is 7.05. The molecular weight excluding hydrogens is 380 g/mol. The molecule has 1 saturated carbocycles. The van der Waals surface area contributed by atoms with E-state index in [1.54, 1.807) is 0 Å². The van der Waals surface area contributed by atoms with Crippen molar-refractivity contribution >= 4 is 23.2 Å². The number of hydrogen-bond acceptors (Lipinski definition) is 1.